The second-order valence-corrected chi connectivity index (χ2v) is 2.93. The molecule has 1 rings (SSSR count). The van der Waals surface area contributed by atoms with Crippen LogP contribution >= 0.6 is 0 Å². The molecule has 0 aliphatic carbocycles. The summed E-state index contributed by atoms with van der Waals surface area (Å²) >= 11 is 0. The minimum atomic E-state index is -1.11. The summed E-state index contributed by atoms with van der Waals surface area (Å²) in [6.07, 6.45) is 1.46. The van der Waals surface area contributed by atoms with Crippen LogP contribution in [0.5, 0.6) is 0 Å². The number of H-pyrrole nitrogens is 2. The molecule has 1 atom stereocenters. The second kappa shape index (κ2) is 4.45. The Morgan fingerprint density at radius 1 is 1.60 bits per heavy atom. The number of aliphatic carboxylic acids is 1. The highest BCUT2D eigenvalue weighted by molar-refractivity contribution is 5.94. The van der Waals surface area contributed by atoms with E-state index in [0.717, 1.165) is 0 Å². The van der Waals surface area contributed by atoms with E-state index < -0.39 is 23.6 Å². The summed E-state index contributed by atoms with van der Waals surface area (Å²) in [6.45, 7) is 1.64. The fraction of sp³-hybridized carbons (Fsp3) is 0.375. The lowest BCUT2D eigenvalue weighted by molar-refractivity contribution is -0.139. The van der Waals surface area contributed by atoms with Crippen LogP contribution in [0.15, 0.2) is 11.0 Å². The molecule has 7 nitrogen and oxygen atoms in total. The Morgan fingerprint density at radius 2 is 2.27 bits per heavy atom. The molecule has 0 radical (unpaired) electrons. The molecule has 1 amide bonds. The Morgan fingerprint density at radius 3 is 2.67 bits per heavy atom. The fourth-order valence-corrected chi connectivity index (χ4v) is 1.03. The van der Waals surface area contributed by atoms with E-state index in [0.29, 0.717) is 0 Å². The van der Waals surface area contributed by atoms with Gasteiger partial charge in [0.1, 0.15) is 11.7 Å². The summed E-state index contributed by atoms with van der Waals surface area (Å²) < 4.78 is 0. The van der Waals surface area contributed by atoms with Gasteiger partial charge in [-0.1, -0.05) is 6.92 Å². The van der Waals surface area contributed by atoms with Crippen LogP contribution in [-0.4, -0.2) is 33.0 Å². The number of aromatic amines is 2. The number of carboxylic acid groups (broad SMARTS) is 1. The summed E-state index contributed by atoms with van der Waals surface area (Å²) in [5.41, 5.74) is -0.497. The normalized spacial score (nSPS) is 12.1. The van der Waals surface area contributed by atoms with Crippen molar-refractivity contribution in [2.24, 2.45) is 0 Å². The minimum Gasteiger partial charge on any atom is -0.480 e. The lowest BCUT2D eigenvalue weighted by atomic mass is 10.2. The number of hydrogen-bond donors (Lipinski definition) is 4. The van der Waals surface area contributed by atoms with Crippen molar-refractivity contribution >= 4 is 11.9 Å². The SMILES string of the molecule is CCC(NC(=O)c1c[nH]c(=O)[nH]1)C(=O)O. The number of amides is 1. The molecular formula is C8H11N3O4. The molecule has 0 bridgehead atoms. The molecule has 1 aromatic rings. The molecule has 0 aromatic carbocycles. The van der Waals surface area contributed by atoms with Gasteiger partial charge < -0.3 is 20.4 Å². The molecule has 0 saturated heterocycles. The summed E-state index contributed by atoms with van der Waals surface area (Å²) in [7, 11) is 0. The molecule has 1 unspecified atom stereocenters. The molecular weight excluding hydrogens is 202 g/mol. The van der Waals surface area contributed by atoms with Gasteiger partial charge in [-0.2, -0.15) is 0 Å². The van der Waals surface area contributed by atoms with Gasteiger partial charge in [0.25, 0.3) is 5.91 Å². The van der Waals surface area contributed by atoms with Gasteiger partial charge in [0, 0.05) is 6.20 Å². The van der Waals surface area contributed by atoms with Crippen LogP contribution in [-0.2, 0) is 4.79 Å². The molecule has 7 heteroatoms. The lowest BCUT2D eigenvalue weighted by Crippen LogP contribution is -2.40. The van der Waals surface area contributed by atoms with Crippen LogP contribution in [0.25, 0.3) is 0 Å². The number of hydrogen-bond acceptors (Lipinski definition) is 3. The van der Waals surface area contributed by atoms with E-state index in [-0.39, 0.29) is 12.1 Å². The topological polar surface area (TPSA) is 115 Å². The first-order valence-corrected chi connectivity index (χ1v) is 4.36. The highest BCUT2D eigenvalue weighted by Gasteiger charge is 2.19. The molecule has 15 heavy (non-hydrogen) atoms. The van der Waals surface area contributed by atoms with Crippen molar-refractivity contribution in [3.63, 3.8) is 0 Å². The predicted octanol–water partition coefficient (Wildman–Crippen LogP) is -0.704. The standard InChI is InChI=1S/C8H11N3O4/c1-2-4(7(13)14)10-6(12)5-3-9-8(15)11-5/h3-4H,2H2,1H3,(H,10,12)(H,13,14)(H2,9,11,15). The van der Waals surface area contributed by atoms with Gasteiger partial charge in [0.15, 0.2) is 0 Å². The number of carbonyl (C=O) groups is 2. The Hall–Kier alpha value is -2.05. The average Bonchev–Trinajstić information content (AvgIpc) is 2.60. The summed E-state index contributed by atoms with van der Waals surface area (Å²) in [6, 6.07) is -0.948. The molecule has 82 valence electrons. The van der Waals surface area contributed by atoms with Crippen molar-refractivity contribution in [1.29, 1.82) is 0 Å². The molecule has 0 aliphatic heterocycles. The number of carbonyl (C=O) groups excluding carboxylic acids is 1. The van der Waals surface area contributed by atoms with E-state index in [2.05, 4.69) is 15.3 Å². The van der Waals surface area contributed by atoms with Gasteiger partial charge >= 0.3 is 11.7 Å². The number of carboxylic acids is 1. The monoisotopic (exact) mass is 213 g/mol. The van der Waals surface area contributed by atoms with E-state index >= 15 is 0 Å². The minimum absolute atomic E-state index is 0.0136. The molecule has 4 N–H and O–H groups in total. The van der Waals surface area contributed by atoms with Crippen LogP contribution in [0.2, 0.25) is 0 Å². The third-order valence-electron chi connectivity index (χ3n) is 1.85. The molecule has 1 heterocycles. The first kappa shape index (κ1) is 11.0. The van der Waals surface area contributed by atoms with Crippen LogP contribution in [0.3, 0.4) is 0 Å². The van der Waals surface area contributed by atoms with E-state index in [1.165, 1.54) is 6.20 Å². The average molecular weight is 213 g/mol. The van der Waals surface area contributed by atoms with Crippen LogP contribution < -0.4 is 11.0 Å². The van der Waals surface area contributed by atoms with Crippen molar-refractivity contribution < 1.29 is 14.7 Å². The second-order valence-electron chi connectivity index (χ2n) is 2.93. The molecule has 0 aliphatic rings. The zero-order valence-corrected chi connectivity index (χ0v) is 8.03. The summed E-state index contributed by atoms with van der Waals surface area (Å²) in [5, 5.41) is 10.9. The fourth-order valence-electron chi connectivity index (χ4n) is 1.03. The Bertz CT molecular complexity index is 420. The zero-order valence-electron chi connectivity index (χ0n) is 8.03. The van der Waals surface area contributed by atoms with Crippen LogP contribution in [0, 0.1) is 0 Å². The number of imidazole rings is 1. The molecule has 1 aromatic heterocycles. The van der Waals surface area contributed by atoms with Gasteiger partial charge in [-0.15, -0.1) is 0 Å². The first-order chi connectivity index (χ1) is 7.04. The predicted molar refractivity (Wildman–Crippen MR) is 50.6 cm³/mol. The molecule has 0 spiro atoms. The van der Waals surface area contributed by atoms with Crippen molar-refractivity contribution in [3.05, 3.63) is 22.4 Å². The van der Waals surface area contributed by atoms with E-state index in [4.69, 9.17) is 5.11 Å². The maximum Gasteiger partial charge on any atom is 0.326 e. The largest absolute Gasteiger partial charge is 0.480 e. The van der Waals surface area contributed by atoms with Gasteiger partial charge in [-0.25, -0.2) is 9.59 Å². The lowest BCUT2D eigenvalue weighted by Gasteiger charge is -2.10. The highest BCUT2D eigenvalue weighted by atomic mass is 16.4. The Kier molecular flexibility index (Phi) is 3.27. The summed E-state index contributed by atoms with van der Waals surface area (Å²) in [4.78, 5) is 37.1. The number of aromatic nitrogens is 2. The maximum absolute atomic E-state index is 11.4. The van der Waals surface area contributed by atoms with Crippen LogP contribution in [0.4, 0.5) is 0 Å². The quantitative estimate of drug-likeness (QED) is 0.529. The Balaban J connectivity index is 2.70. The molecule has 0 saturated carbocycles. The van der Waals surface area contributed by atoms with E-state index in [9.17, 15) is 14.4 Å². The third-order valence-corrected chi connectivity index (χ3v) is 1.85. The highest BCUT2D eigenvalue weighted by Crippen LogP contribution is 1.94. The van der Waals surface area contributed by atoms with Gasteiger partial charge in [0.2, 0.25) is 0 Å². The van der Waals surface area contributed by atoms with Crippen molar-refractivity contribution in [2.75, 3.05) is 0 Å². The smallest absolute Gasteiger partial charge is 0.326 e. The van der Waals surface area contributed by atoms with Crippen molar-refractivity contribution in [2.45, 2.75) is 19.4 Å². The van der Waals surface area contributed by atoms with Gasteiger partial charge in [-0.05, 0) is 6.42 Å². The van der Waals surface area contributed by atoms with E-state index in [1.807, 2.05) is 0 Å². The Labute approximate surface area is 84.5 Å². The molecule has 0 fully saturated rings. The van der Waals surface area contributed by atoms with Gasteiger partial charge in [0.05, 0.1) is 0 Å². The van der Waals surface area contributed by atoms with Gasteiger partial charge in [-0.3, -0.25) is 4.79 Å². The first-order valence-electron chi connectivity index (χ1n) is 4.36. The number of rotatable bonds is 4. The van der Waals surface area contributed by atoms with E-state index in [1.54, 1.807) is 6.92 Å². The maximum atomic E-state index is 11.4. The van der Waals surface area contributed by atoms with Crippen molar-refractivity contribution in [3.8, 4) is 0 Å². The van der Waals surface area contributed by atoms with Crippen molar-refractivity contribution in [1.82, 2.24) is 15.3 Å². The van der Waals surface area contributed by atoms with Crippen LogP contribution in [0.1, 0.15) is 23.8 Å². The third kappa shape index (κ3) is 2.70. The summed E-state index contributed by atoms with van der Waals surface area (Å²) in [5.74, 6) is -1.73. The zero-order chi connectivity index (χ0) is 11.4. The number of nitrogens with one attached hydrogen (secondary N) is 3.